The molecule has 0 radical (unpaired) electrons. The van der Waals surface area contributed by atoms with Crippen molar-refractivity contribution in [3.63, 3.8) is 0 Å². The summed E-state index contributed by atoms with van der Waals surface area (Å²) in [6.07, 6.45) is 0. The quantitative estimate of drug-likeness (QED) is 0.278. The summed E-state index contributed by atoms with van der Waals surface area (Å²) in [6.45, 7) is 0. The van der Waals surface area contributed by atoms with Crippen LogP contribution in [-0.2, 0) is 30.0 Å². The first-order chi connectivity index (χ1) is 1.41. The maximum absolute atomic E-state index is 7.13. The van der Waals surface area contributed by atoms with Gasteiger partial charge in [0.15, 0.2) is 0 Å². The minimum atomic E-state index is 0. The fourth-order valence-corrected chi connectivity index (χ4v) is 0. The van der Waals surface area contributed by atoms with E-state index in [2.05, 4.69) is 12.6 Å². The molecule has 0 saturated carbocycles. The second-order valence-electron chi connectivity index (χ2n) is 0.0913. The van der Waals surface area contributed by atoms with Gasteiger partial charge >= 0.3 is 0 Å². The Morgan fingerprint density at radius 2 is 0.889 bits per heavy atom. The fourth-order valence-electron chi connectivity index (χ4n) is 0. The van der Waals surface area contributed by atoms with Crippen LogP contribution in [0.4, 0.5) is 0 Å². The van der Waals surface area contributed by atoms with E-state index in [0.717, 1.165) is 0 Å². The predicted molar refractivity (Wildman–Crippen MR) is 38.1 cm³/mol. The molecule has 0 spiro atoms. The van der Waals surface area contributed by atoms with Crippen LogP contribution in [0.15, 0.2) is 0 Å². The van der Waals surface area contributed by atoms with Gasteiger partial charge in [-0.3, -0.25) is 0 Å². The molecule has 0 aromatic rings. The summed E-state index contributed by atoms with van der Waals surface area (Å²) >= 11 is 3.70. The standard InChI is InChI=1S/CHNS.Cr.5H3N/c2-1-3;;;;;;/h3H;;5*1H3/p-1. The zero-order valence-electron chi connectivity index (χ0n) is 5.30. The summed E-state index contributed by atoms with van der Waals surface area (Å²) in [5.41, 5.74) is 0. The van der Waals surface area contributed by atoms with Gasteiger partial charge in [0.25, 0.3) is 0 Å². The average molecular weight is 195 g/mol. The van der Waals surface area contributed by atoms with Gasteiger partial charge in [0.2, 0.25) is 0 Å². The van der Waals surface area contributed by atoms with Gasteiger partial charge < -0.3 is 43.4 Å². The number of thiocyanates is 1. The average Bonchev–Trinajstić information content (AvgIpc) is 0.918. The molecule has 0 bridgehead atoms. The zero-order chi connectivity index (χ0) is 2.71. The van der Waals surface area contributed by atoms with Gasteiger partial charge in [-0.25, -0.2) is 5.26 Å². The third kappa shape index (κ3) is 163000. The summed E-state index contributed by atoms with van der Waals surface area (Å²) in [5.74, 6) is 0. The van der Waals surface area contributed by atoms with E-state index in [1.54, 1.807) is 0 Å². The molecule has 0 aromatic carbocycles. The van der Waals surface area contributed by atoms with Crippen molar-refractivity contribution < 1.29 is 17.4 Å². The molecule has 0 aliphatic heterocycles. The molecule has 6 nitrogen and oxygen atoms in total. The molecule has 0 rings (SSSR count). The van der Waals surface area contributed by atoms with Crippen LogP contribution < -0.4 is 30.8 Å². The first kappa shape index (κ1) is 140. The van der Waals surface area contributed by atoms with E-state index in [-0.39, 0.29) is 48.1 Å². The van der Waals surface area contributed by atoms with E-state index in [1.807, 2.05) is 0 Å². The SMILES string of the molecule is N.N.N.N.N.N#C[S-].[Cr]. The Labute approximate surface area is 71.8 Å². The Morgan fingerprint density at radius 1 is 0.889 bits per heavy atom. The molecule has 0 fully saturated rings. The third-order valence-electron chi connectivity index (χ3n) is 0. The predicted octanol–water partition coefficient (Wildman–Crippen LogP) is 0.822. The van der Waals surface area contributed by atoms with Gasteiger partial charge in [-0.05, 0) is 0 Å². The van der Waals surface area contributed by atoms with Crippen LogP contribution in [-0.4, -0.2) is 0 Å². The second-order valence-corrected chi connectivity index (χ2v) is 0.274. The van der Waals surface area contributed by atoms with Crippen LogP contribution in [0.1, 0.15) is 0 Å². The Balaban J connectivity index is -0.00000000133. The molecule has 0 atom stereocenters. The van der Waals surface area contributed by atoms with E-state index < -0.39 is 0 Å². The summed E-state index contributed by atoms with van der Waals surface area (Å²) in [5, 5.41) is 8.47. The zero-order valence-corrected chi connectivity index (χ0v) is 7.39. The van der Waals surface area contributed by atoms with Crippen LogP contribution in [0, 0.1) is 10.7 Å². The van der Waals surface area contributed by atoms with Crippen molar-refractivity contribution in [1.29, 1.82) is 5.26 Å². The smallest absolute Gasteiger partial charge is 0 e. The minimum absolute atomic E-state index is 0. The van der Waals surface area contributed by atoms with Crippen molar-refractivity contribution in [1.82, 2.24) is 30.8 Å². The van der Waals surface area contributed by atoms with E-state index in [4.69, 9.17) is 5.26 Å². The molecule has 0 unspecified atom stereocenters. The first-order valence-electron chi connectivity index (χ1n) is 0.428. The van der Waals surface area contributed by atoms with Gasteiger partial charge in [-0.15, -0.1) is 0 Å². The Morgan fingerprint density at radius 3 is 0.889 bits per heavy atom. The summed E-state index contributed by atoms with van der Waals surface area (Å²) in [4.78, 5) is 0. The molecule has 0 aromatic heterocycles. The number of nitriles is 1. The first-order valence-corrected chi connectivity index (χ1v) is 0.836. The Kier molecular flexibility index (Phi) is 5720. The molecule has 0 heterocycles. The van der Waals surface area contributed by atoms with Crippen molar-refractivity contribution in [2.45, 2.75) is 0 Å². The topological polar surface area (TPSA) is 199 Å². The molecule has 0 aliphatic rings. The molecule has 62 valence electrons. The van der Waals surface area contributed by atoms with Crippen LogP contribution >= 0.6 is 0 Å². The monoisotopic (exact) mass is 195 g/mol. The van der Waals surface area contributed by atoms with Gasteiger partial charge in [-0.2, -0.15) is 0 Å². The molecule has 9 heavy (non-hydrogen) atoms. The number of rotatable bonds is 0. The van der Waals surface area contributed by atoms with Crippen molar-refractivity contribution in [3.05, 3.63) is 0 Å². The van der Waals surface area contributed by atoms with Crippen LogP contribution in [0.3, 0.4) is 0 Å². The maximum atomic E-state index is 7.13. The van der Waals surface area contributed by atoms with Gasteiger partial charge in [0, 0.05) is 17.4 Å². The van der Waals surface area contributed by atoms with Crippen molar-refractivity contribution in [2.75, 3.05) is 0 Å². The van der Waals surface area contributed by atoms with E-state index in [1.165, 1.54) is 5.40 Å². The molecule has 8 heteroatoms. The number of hydrogen-bond acceptors (Lipinski definition) is 7. The Hall–Kier alpha value is 0.0425. The fraction of sp³-hybridized carbons (Fsp3) is 0. The third-order valence-corrected chi connectivity index (χ3v) is 0. The molecule has 15 N–H and O–H groups in total. The molecule has 0 saturated heterocycles. The van der Waals surface area contributed by atoms with Gasteiger partial charge in [-0.1, -0.05) is 5.40 Å². The maximum Gasteiger partial charge on any atom is 0 e. The second kappa shape index (κ2) is 367. The van der Waals surface area contributed by atoms with E-state index >= 15 is 0 Å². The van der Waals surface area contributed by atoms with Crippen LogP contribution in [0.25, 0.3) is 0 Å². The number of hydrogen-bond donors (Lipinski definition) is 5. The van der Waals surface area contributed by atoms with Crippen molar-refractivity contribution in [3.8, 4) is 5.40 Å². The summed E-state index contributed by atoms with van der Waals surface area (Å²) in [7, 11) is 0. The number of nitrogens with zero attached hydrogens (tertiary/aromatic N) is 1. The van der Waals surface area contributed by atoms with Crippen molar-refractivity contribution in [2.24, 2.45) is 0 Å². The van der Waals surface area contributed by atoms with Crippen LogP contribution in [0.2, 0.25) is 0 Å². The van der Waals surface area contributed by atoms with Gasteiger partial charge in [0.1, 0.15) is 0 Å². The largest absolute Gasteiger partial charge is 0.696 e. The van der Waals surface area contributed by atoms with E-state index in [0.29, 0.717) is 0 Å². The normalized spacial score (nSPS) is 0.778. The van der Waals surface area contributed by atoms with Crippen molar-refractivity contribution >= 4 is 12.6 Å². The van der Waals surface area contributed by atoms with Gasteiger partial charge in [0.05, 0.1) is 0 Å². The molecule has 0 amide bonds. The minimum Gasteiger partial charge on any atom is -0.696 e. The molecular weight excluding hydrogens is 180 g/mol. The summed E-state index contributed by atoms with van der Waals surface area (Å²) in [6, 6.07) is 0. The Bertz CT molecular complexity index is 34.5. The summed E-state index contributed by atoms with van der Waals surface area (Å²) < 4.78 is 0. The van der Waals surface area contributed by atoms with E-state index in [9.17, 15) is 0 Å². The van der Waals surface area contributed by atoms with Crippen LogP contribution in [0.5, 0.6) is 0 Å². The molecule has 0 aliphatic carbocycles. The molecular formula is CH15CrN6S-.